The molecule has 0 fully saturated rings. The van der Waals surface area contributed by atoms with Gasteiger partial charge in [0.1, 0.15) is 0 Å². The van der Waals surface area contributed by atoms with Crippen LogP contribution < -0.4 is 10.6 Å². The van der Waals surface area contributed by atoms with Crippen LogP contribution in [0.25, 0.3) is 0 Å². The zero-order valence-corrected chi connectivity index (χ0v) is 14.9. The van der Waals surface area contributed by atoms with Crippen LogP contribution in [0.2, 0.25) is 10.0 Å². The van der Waals surface area contributed by atoms with E-state index in [4.69, 9.17) is 23.2 Å². The molecule has 0 saturated carbocycles. The number of rotatable bonds is 5. The summed E-state index contributed by atoms with van der Waals surface area (Å²) < 4.78 is 0. The molecular weight excluding hydrogens is 331 g/mol. The Morgan fingerprint density at radius 3 is 2.30 bits per heavy atom. The summed E-state index contributed by atoms with van der Waals surface area (Å²) >= 11 is 12.0. The molecule has 2 N–H and O–H groups in total. The molecule has 0 aromatic heterocycles. The minimum absolute atomic E-state index is 0.0954. The average Bonchev–Trinajstić information content (AvgIpc) is 2.50. The Bertz CT molecular complexity index is 697. The lowest BCUT2D eigenvalue weighted by molar-refractivity contribution is -0.115. The molecule has 0 aliphatic rings. The Morgan fingerprint density at radius 1 is 1.04 bits per heavy atom. The number of aryl methyl sites for hydroxylation is 1. The van der Waals surface area contributed by atoms with Crippen molar-refractivity contribution in [3.8, 4) is 0 Å². The van der Waals surface area contributed by atoms with E-state index in [1.807, 2.05) is 57.2 Å². The van der Waals surface area contributed by atoms with Crippen molar-refractivity contribution in [3.05, 3.63) is 63.6 Å². The summed E-state index contributed by atoms with van der Waals surface area (Å²) in [5, 5.41) is 7.12. The van der Waals surface area contributed by atoms with Crippen LogP contribution in [0, 0.1) is 6.92 Å². The van der Waals surface area contributed by atoms with E-state index in [0.717, 1.165) is 16.8 Å². The maximum atomic E-state index is 12.1. The quantitative estimate of drug-likeness (QED) is 0.815. The topological polar surface area (TPSA) is 41.1 Å². The van der Waals surface area contributed by atoms with E-state index in [9.17, 15) is 4.79 Å². The van der Waals surface area contributed by atoms with Crippen LogP contribution in [0.4, 0.5) is 5.69 Å². The lowest BCUT2D eigenvalue weighted by atomic mass is 9.94. The van der Waals surface area contributed by atoms with E-state index in [0.29, 0.717) is 10.0 Å². The summed E-state index contributed by atoms with van der Waals surface area (Å²) in [5.74, 6) is -0.0954. The summed E-state index contributed by atoms with van der Waals surface area (Å²) in [6.07, 6.45) is 0. The highest BCUT2D eigenvalue weighted by Gasteiger charge is 2.21. The molecule has 0 aliphatic carbocycles. The number of carbonyl (C=O) groups excluding carboxylic acids is 1. The van der Waals surface area contributed by atoms with E-state index < -0.39 is 5.54 Å². The third-order valence-corrected chi connectivity index (χ3v) is 4.41. The molecule has 0 saturated heterocycles. The fourth-order valence-electron chi connectivity index (χ4n) is 2.13. The van der Waals surface area contributed by atoms with Crippen LogP contribution in [-0.4, -0.2) is 12.5 Å². The van der Waals surface area contributed by atoms with E-state index in [1.165, 1.54) is 0 Å². The molecule has 23 heavy (non-hydrogen) atoms. The molecule has 122 valence electrons. The van der Waals surface area contributed by atoms with E-state index in [2.05, 4.69) is 10.6 Å². The molecule has 0 bridgehead atoms. The predicted octanol–water partition coefficient (Wildman–Crippen LogP) is 4.77. The SMILES string of the molecule is Cc1ccc(NC(=O)CNC(C)(C)c2ccc(Cl)c(Cl)c2)cc1. The molecule has 0 unspecified atom stereocenters. The largest absolute Gasteiger partial charge is 0.325 e. The van der Waals surface area contributed by atoms with Gasteiger partial charge >= 0.3 is 0 Å². The number of hydrogen-bond donors (Lipinski definition) is 2. The number of benzene rings is 2. The number of nitrogens with one attached hydrogen (secondary N) is 2. The van der Waals surface area contributed by atoms with Crippen LogP contribution in [0.5, 0.6) is 0 Å². The van der Waals surface area contributed by atoms with E-state index in [-0.39, 0.29) is 12.5 Å². The first-order chi connectivity index (χ1) is 10.8. The van der Waals surface area contributed by atoms with Crippen LogP contribution in [0.1, 0.15) is 25.0 Å². The van der Waals surface area contributed by atoms with Crippen molar-refractivity contribution in [1.82, 2.24) is 5.32 Å². The first kappa shape index (κ1) is 17.8. The van der Waals surface area contributed by atoms with Gasteiger partial charge in [-0.2, -0.15) is 0 Å². The van der Waals surface area contributed by atoms with Gasteiger partial charge in [0.15, 0.2) is 0 Å². The summed E-state index contributed by atoms with van der Waals surface area (Å²) in [6.45, 7) is 6.19. The standard InChI is InChI=1S/C18H20Cl2N2O/c1-12-4-7-14(8-5-12)22-17(23)11-21-18(2,3)13-6-9-15(19)16(20)10-13/h4-10,21H,11H2,1-3H3,(H,22,23). The van der Waals surface area contributed by atoms with Crippen molar-refractivity contribution in [2.45, 2.75) is 26.3 Å². The van der Waals surface area contributed by atoms with Gasteiger partial charge in [-0.25, -0.2) is 0 Å². The highest BCUT2D eigenvalue weighted by atomic mass is 35.5. The van der Waals surface area contributed by atoms with E-state index in [1.54, 1.807) is 6.07 Å². The maximum Gasteiger partial charge on any atom is 0.238 e. The minimum Gasteiger partial charge on any atom is -0.325 e. The molecule has 0 radical (unpaired) electrons. The van der Waals surface area contributed by atoms with Crippen molar-refractivity contribution in [2.24, 2.45) is 0 Å². The second-order valence-corrected chi connectivity index (χ2v) is 6.84. The van der Waals surface area contributed by atoms with Crippen molar-refractivity contribution < 1.29 is 4.79 Å². The smallest absolute Gasteiger partial charge is 0.238 e. The molecule has 0 spiro atoms. The maximum absolute atomic E-state index is 12.1. The number of carbonyl (C=O) groups is 1. The third-order valence-electron chi connectivity index (χ3n) is 3.67. The Balaban J connectivity index is 1.96. The van der Waals surface area contributed by atoms with Crippen LogP contribution in [0.3, 0.4) is 0 Å². The van der Waals surface area contributed by atoms with Gasteiger partial charge in [0.2, 0.25) is 5.91 Å². The molecule has 2 aromatic rings. The van der Waals surface area contributed by atoms with Crippen LogP contribution >= 0.6 is 23.2 Å². The first-order valence-corrected chi connectivity index (χ1v) is 8.10. The fourth-order valence-corrected chi connectivity index (χ4v) is 2.43. The second kappa shape index (κ2) is 7.35. The summed E-state index contributed by atoms with van der Waals surface area (Å²) in [6, 6.07) is 13.2. The normalized spacial score (nSPS) is 11.3. The van der Waals surface area contributed by atoms with E-state index >= 15 is 0 Å². The molecule has 5 heteroatoms. The lowest BCUT2D eigenvalue weighted by Crippen LogP contribution is -2.41. The lowest BCUT2D eigenvalue weighted by Gasteiger charge is -2.27. The van der Waals surface area contributed by atoms with Gasteiger partial charge in [0.05, 0.1) is 16.6 Å². The van der Waals surface area contributed by atoms with Gasteiger partial charge in [0.25, 0.3) is 0 Å². The van der Waals surface area contributed by atoms with Crippen molar-refractivity contribution in [2.75, 3.05) is 11.9 Å². The van der Waals surface area contributed by atoms with Gasteiger partial charge in [-0.15, -0.1) is 0 Å². The monoisotopic (exact) mass is 350 g/mol. The Labute approximate surface area is 147 Å². The molecule has 0 aliphatic heterocycles. The molecule has 0 heterocycles. The average molecular weight is 351 g/mol. The van der Waals surface area contributed by atoms with Gasteiger partial charge in [-0.05, 0) is 50.6 Å². The molecule has 1 amide bonds. The molecule has 2 aromatic carbocycles. The highest BCUT2D eigenvalue weighted by Crippen LogP contribution is 2.28. The molecule has 2 rings (SSSR count). The van der Waals surface area contributed by atoms with Crippen LogP contribution in [-0.2, 0) is 10.3 Å². The number of halogens is 2. The van der Waals surface area contributed by atoms with Crippen molar-refractivity contribution in [3.63, 3.8) is 0 Å². The van der Waals surface area contributed by atoms with Gasteiger partial charge in [-0.3, -0.25) is 10.1 Å². The zero-order chi connectivity index (χ0) is 17.0. The van der Waals surface area contributed by atoms with Gasteiger partial charge < -0.3 is 5.32 Å². The third kappa shape index (κ3) is 4.96. The second-order valence-electron chi connectivity index (χ2n) is 6.02. The highest BCUT2D eigenvalue weighted by molar-refractivity contribution is 6.42. The Morgan fingerprint density at radius 2 is 1.70 bits per heavy atom. The Kier molecular flexibility index (Phi) is 5.69. The summed E-state index contributed by atoms with van der Waals surface area (Å²) in [5.41, 5.74) is 2.51. The van der Waals surface area contributed by atoms with Crippen molar-refractivity contribution >= 4 is 34.8 Å². The summed E-state index contributed by atoms with van der Waals surface area (Å²) in [4.78, 5) is 12.1. The summed E-state index contributed by atoms with van der Waals surface area (Å²) in [7, 11) is 0. The number of hydrogen-bond acceptors (Lipinski definition) is 2. The van der Waals surface area contributed by atoms with Crippen LogP contribution in [0.15, 0.2) is 42.5 Å². The fraction of sp³-hybridized carbons (Fsp3) is 0.278. The van der Waals surface area contributed by atoms with Gasteiger partial charge in [0, 0.05) is 11.2 Å². The minimum atomic E-state index is -0.404. The molecule has 0 atom stereocenters. The zero-order valence-electron chi connectivity index (χ0n) is 13.4. The molecule has 3 nitrogen and oxygen atoms in total. The molecular formula is C18H20Cl2N2O. The van der Waals surface area contributed by atoms with Crippen molar-refractivity contribution in [1.29, 1.82) is 0 Å². The number of amides is 1. The van der Waals surface area contributed by atoms with Gasteiger partial charge in [-0.1, -0.05) is 47.0 Å². The predicted molar refractivity (Wildman–Crippen MR) is 97.3 cm³/mol. The Hall–Kier alpha value is -1.55. The first-order valence-electron chi connectivity index (χ1n) is 7.35. The number of anilines is 1.